The van der Waals surface area contributed by atoms with Crippen LogP contribution in [0.5, 0.6) is 0 Å². The Morgan fingerprint density at radius 3 is 2.21 bits per heavy atom. The largest absolute Gasteiger partial charge is 0.384 e. The van der Waals surface area contributed by atoms with E-state index in [1.165, 1.54) is 5.69 Å². The molecule has 0 aromatic carbocycles. The number of nitrogens with zero attached hydrogens (tertiary/aromatic N) is 5. The minimum atomic E-state index is 0.0616. The van der Waals surface area contributed by atoms with Crippen LogP contribution in [-0.4, -0.2) is 51.8 Å². The number of aryl methyl sites for hydroxylation is 3. The summed E-state index contributed by atoms with van der Waals surface area (Å²) in [5, 5.41) is 4.25. The van der Waals surface area contributed by atoms with Crippen LogP contribution in [0.3, 0.4) is 0 Å². The Morgan fingerprint density at radius 2 is 1.67 bits per heavy atom. The molecule has 0 atom stereocenters. The molecule has 1 fully saturated rings. The number of hydrogen-bond donors (Lipinski definition) is 1. The number of carbonyl (C=O) groups is 1. The first-order valence-corrected chi connectivity index (χ1v) is 8.20. The summed E-state index contributed by atoms with van der Waals surface area (Å²) in [4.78, 5) is 21.1. The van der Waals surface area contributed by atoms with Crippen molar-refractivity contribution in [1.82, 2.24) is 19.7 Å². The fraction of sp³-hybridized carbons (Fsp3) is 0.471. The van der Waals surface area contributed by atoms with Crippen LogP contribution in [-0.2, 0) is 11.3 Å². The standard InChI is InChI=1S/C17H24N6O/c1-12-8-15(9-13(2)19-12)21-4-6-22(7-5-21)17(24)11-23-16(18)10-14(3)20-23/h8-10H,4-7,11,18H2,1-3H3. The molecule has 3 rings (SSSR count). The molecular weight excluding hydrogens is 304 g/mol. The second-order valence-corrected chi connectivity index (χ2v) is 6.34. The molecule has 0 unspecified atom stereocenters. The van der Waals surface area contributed by atoms with Gasteiger partial charge in [0.1, 0.15) is 12.4 Å². The number of piperazine rings is 1. The fourth-order valence-electron chi connectivity index (χ4n) is 3.13. The summed E-state index contributed by atoms with van der Waals surface area (Å²) in [6.45, 7) is 9.14. The van der Waals surface area contributed by atoms with E-state index in [0.29, 0.717) is 18.9 Å². The van der Waals surface area contributed by atoms with Gasteiger partial charge in [-0.05, 0) is 32.9 Å². The Balaban J connectivity index is 1.60. The fourth-order valence-corrected chi connectivity index (χ4v) is 3.13. The van der Waals surface area contributed by atoms with Gasteiger partial charge in [0.2, 0.25) is 5.91 Å². The predicted molar refractivity (Wildman–Crippen MR) is 93.9 cm³/mol. The van der Waals surface area contributed by atoms with Crippen molar-refractivity contribution in [2.24, 2.45) is 0 Å². The van der Waals surface area contributed by atoms with Gasteiger partial charge in [0.15, 0.2) is 0 Å². The van der Waals surface area contributed by atoms with Crippen molar-refractivity contribution in [3.63, 3.8) is 0 Å². The highest BCUT2D eigenvalue weighted by atomic mass is 16.2. The number of nitrogens with two attached hydrogens (primary N) is 1. The maximum atomic E-state index is 12.5. The van der Waals surface area contributed by atoms with E-state index in [-0.39, 0.29) is 12.5 Å². The monoisotopic (exact) mass is 328 g/mol. The zero-order valence-electron chi connectivity index (χ0n) is 14.5. The quantitative estimate of drug-likeness (QED) is 0.914. The Bertz CT molecular complexity index is 725. The maximum absolute atomic E-state index is 12.5. The van der Waals surface area contributed by atoms with Crippen LogP contribution < -0.4 is 10.6 Å². The normalized spacial score (nSPS) is 15.0. The molecule has 2 aromatic heterocycles. The van der Waals surface area contributed by atoms with E-state index < -0.39 is 0 Å². The molecule has 0 bridgehead atoms. The van der Waals surface area contributed by atoms with Crippen LogP contribution in [0.2, 0.25) is 0 Å². The molecule has 2 N–H and O–H groups in total. The van der Waals surface area contributed by atoms with Gasteiger partial charge in [0, 0.05) is 49.3 Å². The molecular formula is C17H24N6O. The lowest BCUT2D eigenvalue weighted by molar-refractivity contribution is -0.132. The van der Waals surface area contributed by atoms with Crippen LogP contribution in [0.25, 0.3) is 0 Å². The van der Waals surface area contributed by atoms with Crippen LogP contribution in [0.1, 0.15) is 17.1 Å². The van der Waals surface area contributed by atoms with Crippen molar-refractivity contribution in [2.75, 3.05) is 36.8 Å². The summed E-state index contributed by atoms with van der Waals surface area (Å²) in [6, 6.07) is 5.97. The van der Waals surface area contributed by atoms with E-state index in [4.69, 9.17) is 5.73 Å². The van der Waals surface area contributed by atoms with Crippen molar-refractivity contribution in [3.8, 4) is 0 Å². The van der Waals surface area contributed by atoms with Crippen LogP contribution in [0.4, 0.5) is 11.5 Å². The number of anilines is 2. The number of pyridine rings is 1. The SMILES string of the molecule is Cc1cc(N2CCN(C(=O)Cn3nc(C)cc3N)CC2)cc(C)n1. The lowest BCUT2D eigenvalue weighted by atomic mass is 10.2. The second-order valence-electron chi connectivity index (χ2n) is 6.34. The van der Waals surface area contributed by atoms with Crippen molar-refractivity contribution in [2.45, 2.75) is 27.3 Å². The Hall–Kier alpha value is -2.57. The van der Waals surface area contributed by atoms with Crippen molar-refractivity contribution in [1.29, 1.82) is 0 Å². The first-order valence-electron chi connectivity index (χ1n) is 8.20. The molecule has 1 saturated heterocycles. The van der Waals surface area contributed by atoms with Gasteiger partial charge in [-0.1, -0.05) is 0 Å². The van der Waals surface area contributed by atoms with Crippen LogP contribution in [0, 0.1) is 20.8 Å². The van der Waals surface area contributed by atoms with Crippen LogP contribution in [0.15, 0.2) is 18.2 Å². The highest BCUT2D eigenvalue weighted by Crippen LogP contribution is 2.18. The van der Waals surface area contributed by atoms with Gasteiger partial charge in [0.25, 0.3) is 0 Å². The number of hydrogen-bond acceptors (Lipinski definition) is 5. The second kappa shape index (κ2) is 6.51. The highest BCUT2D eigenvalue weighted by Gasteiger charge is 2.22. The van der Waals surface area contributed by atoms with E-state index in [1.807, 2.05) is 25.7 Å². The van der Waals surface area contributed by atoms with Crippen molar-refractivity contribution in [3.05, 3.63) is 35.3 Å². The third kappa shape index (κ3) is 3.50. The number of aromatic nitrogens is 3. The predicted octanol–water partition coefficient (Wildman–Crippen LogP) is 1.13. The first-order chi connectivity index (χ1) is 11.4. The minimum absolute atomic E-state index is 0.0616. The van der Waals surface area contributed by atoms with E-state index in [2.05, 4.69) is 27.1 Å². The summed E-state index contributed by atoms with van der Waals surface area (Å²) < 4.78 is 1.57. The van der Waals surface area contributed by atoms with Crippen molar-refractivity contribution >= 4 is 17.4 Å². The summed E-state index contributed by atoms with van der Waals surface area (Å²) in [5.74, 6) is 0.591. The minimum Gasteiger partial charge on any atom is -0.384 e. The summed E-state index contributed by atoms with van der Waals surface area (Å²) >= 11 is 0. The number of nitrogen functional groups attached to an aromatic ring is 1. The highest BCUT2D eigenvalue weighted by molar-refractivity contribution is 5.76. The molecule has 0 spiro atoms. The number of carbonyl (C=O) groups excluding carboxylic acids is 1. The molecule has 0 aliphatic carbocycles. The lowest BCUT2D eigenvalue weighted by Crippen LogP contribution is -2.49. The first kappa shape index (κ1) is 16.3. The maximum Gasteiger partial charge on any atom is 0.244 e. The average Bonchev–Trinajstić information content (AvgIpc) is 2.84. The summed E-state index contributed by atoms with van der Waals surface area (Å²) in [6.07, 6.45) is 0. The lowest BCUT2D eigenvalue weighted by Gasteiger charge is -2.36. The zero-order chi connectivity index (χ0) is 17.3. The van der Waals surface area contributed by atoms with Crippen molar-refractivity contribution < 1.29 is 4.79 Å². The molecule has 1 aliphatic heterocycles. The average molecular weight is 328 g/mol. The number of rotatable bonds is 3. The summed E-state index contributed by atoms with van der Waals surface area (Å²) in [5.41, 5.74) is 9.91. The Labute approximate surface area is 142 Å². The third-order valence-corrected chi connectivity index (χ3v) is 4.28. The molecule has 0 saturated carbocycles. The molecule has 128 valence electrons. The van der Waals surface area contributed by atoms with Crippen LogP contribution >= 0.6 is 0 Å². The van der Waals surface area contributed by atoms with Gasteiger partial charge in [-0.2, -0.15) is 5.10 Å². The van der Waals surface area contributed by atoms with Gasteiger partial charge >= 0.3 is 0 Å². The van der Waals surface area contributed by atoms with Gasteiger partial charge in [-0.3, -0.25) is 9.78 Å². The molecule has 1 aliphatic rings. The zero-order valence-corrected chi connectivity index (χ0v) is 14.5. The molecule has 24 heavy (non-hydrogen) atoms. The van der Waals surface area contributed by atoms with Gasteiger partial charge in [0.05, 0.1) is 5.69 Å². The van der Waals surface area contributed by atoms with Gasteiger partial charge in [-0.25, -0.2) is 4.68 Å². The smallest absolute Gasteiger partial charge is 0.244 e. The Morgan fingerprint density at radius 1 is 1.04 bits per heavy atom. The summed E-state index contributed by atoms with van der Waals surface area (Å²) in [7, 11) is 0. The number of amides is 1. The van der Waals surface area contributed by atoms with Gasteiger partial charge in [-0.15, -0.1) is 0 Å². The molecule has 0 radical (unpaired) electrons. The topological polar surface area (TPSA) is 80.3 Å². The van der Waals surface area contributed by atoms with E-state index in [1.54, 1.807) is 10.7 Å². The van der Waals surface area contributed by atoms with Gasteiger partial charge < -0.3 is 15.5 Å². The molecule has 7 nitrogen and oxygen atoms in total. The van der Waals surface area contributed by atoms with E-state index in [9.17, 15) is 4.79 Å². The Kier molecular flexibility index (Phi) is 4.42. The molecule has 2 aromatic rings. The molecule has 3 heterocycles. The van der Waals surface area contributed by atoms with E-state index in [0.717, 1.165) is 30.2 Å². The molecule has 1 amide bonds. The van der Waals surface area contributed by atoms with E-state index >= 15 is 0 Å². The third-order valence-electron chi connectivity index (χ3n) is 4.28. The molecule has 7 heteroatoms.